The average molecular weight is 463 g/mol. The van der Waals surface area contributed by atoms with E-state index >= 15 is 0 Å². The van der Waals surface area contributed by atoms with Crippen LogP contribution in [0.15, 0.2) is 23.1 Å². The van der Waals surface area contributed by atoms with E-state index in [0.29, 0.717) is 10.9 Å². The molecule has 0 saturated carbocycles. The van der Waals surface area contributed by atoms with Crippen LogP contribution in [0.4, 0.5) is 5.69 Å². The van der Waals surface area contributed by atoms with Gasteiger partial charge in [0.1, 0.15) is 0 Å². The molecular formula is C17H26IN3O2S. The Morgan fingerprint density at radius 2 is 1.67 bits per heavy atom. The summed E-state index contributed by atoms with van der Waals surface area (Å²) in [6.45, 7) is 6.46. The molecule has 1 aromatic carbocycles. The lowest BCUT2D eigenvalue weighted by molar-refractivity contribution is 0.0981. The Balaban J connectivity index is 1.69. The summed E-state index contributed by atoms with van der Waals surface area (Å²) in [5.74, 6) is 0. The molecular weight excluding hydrogens is 437 g/mol. The average Bonchev–Trinajstić information content (AvgIpc) is 2.55. The highest BCUT2D eigenvalue weighted by Gasteiger charge is 2.28. The van der Waals surface area contributed by atoms with E-state index in [1.165, 1.54) is 6.26 Å². The normalized spacial score (nSPS) is 22.0. The highest BCUT2D eigenvalue weighted by atomic mass is 127. The molecule has 0 unspecified atom stereocenters. The molecule has 0 bridgehead atoms. The van der Waals surface area contributed by atoms with E-state index in [4.69, 9.17) is 0 Å². The second-order valence-electron chi connectivity index (χ2n) is 6.94. The first-order valence-electron chi connectivity index (χ1n) is 8.52. The number of hydrogen-bond donors (Lipinski definition) is 0. The minimum absolute atomic E-state index is 0.465. The quantitative estimate of drug-likeness (QED) is 0.641. The Kier molecular flexibility index (Phi) is 5.73. The van der Waals surface area contributed by atoms with Crippen LogP contribution in [0, 0.1) is 3.57 Å². The van der Waals surface area contributed by atoms with E-state index in [1.807, 2.05) is 12.1 Å². The fraction of sp³-hybridized carbons (Fsp3) is 0.647. The number of benzene rings is 1. The molecule has 0 aliphatic carbocycles. The molecule has 0 aromatic heterocycles. The molecule has 2 aliphatic rings. The minimum atomic E-state index is -3.21. The van der Waals surface area contributed by atoms with Crippen LogP contribution in [0.5, 0.6) is 0 Å². The van der Waals surface area contributed by atoms with Crippen LogP contribution in [0.1, 0.15) is 12.8 Å². The zero-order valence-corrected chi connectivity index (χ0v) is 17.4. The largest absolute Gasteiger partial charge is 0.370 e. The molecule has 7 heteroatoms. The van der Waals surface area contributed by atoms with Gasteiger partial charge in [0, 0.05) is 55.1 Å². The Morgan fingerprint density at radius 1 is 1.04 bits per heavy atom. The molecule has 0 amide bonds. The van der Waals surface area contributed by atoms with E-state index in [0.717, 1.165) is 61.4 Å². The number of rotatable bonds is 3. The molecule has 0 spiro atoms. The highest BCUT2D eigenvalue weighted by Crippen LogP contribution is 2.30. The van der Waals surface area contributed by atoms with Gasteiger partial charge in [0.2, 0.25) is 0 Å². The van der Waals surface area contributed by atoms with Crippen LogP contribution < -0.4 is 4.90 Å². The van der Waals surface area contributed by atoms with Gasteiger partial charge in [-0.2, -0.15) is 0 Å². The van der Waals surface area contributed by atoms with Crippen molar-refractivity contribution in [2.75, 3.05) is 57.5 Å². The Hall–Kier alpha value is -0.380. The third-order valence-electron chi connectivity index (χ3n) is 5.18. The summed E-state index contributed by atoms with van der Waals surface area (Å²) in [6.07, 6.45) is 3.52. The number of piperidine rings is 1. The van der Waals surface area contributed by atoms with Crippen LogP contribution in [0.3, 0.4) is 0 Å². The molecule has 2 heterocycles. The molecule has 2 fully saturated rings. The zero-order chi connectivity index (χ0) is 17.3. The van der Waals surface area contributed by atoms with Crippen molar-refractivity contribution in [1.82, 2.24) is 9.80 Å². The fourth-order valence-corrected chi connectivity index (χ4v) is 5.33. The number of hydrogen-bond acceptors (Lipinski definition) is 5. The molecule has 0 N–H and O–H groups in total. The zero-order valence-electron chi connectivity index (χ0n) is 14.4. The molecule has 1 aromatic rings. The van der Waals surface area contributed by atoms with E-state index < -0.39 is 9.84 Å². The van der Waals surface area contributed by atoms with Crippen LogP contribution in [-0.4, -0.2) is 76.8 Å². The predicted octanol–water partition coefficient (Wildman–Crippen LogP) is 1.91. The molecule has 134 valence electrons. The lowest BCUT2D eigenvalue weighted by atomic mass is 10.0. The highest BCUT2D eigenvalue weighted by molar-refractivity contribution is 14.1. The number of sulfone groups is 1. The third kappa shape index (κ3) is 4.23. The van der Waals surface area contributed by atoms with Crippen molar-refractivity contribution in [3.8, 4) is 0 Å². The Bertz CT molecular complexity index is 679. The van der Waals surface area contributed by atoms with Crippen molar-refractivity contribution in [2.24, 2.45) is 0 Å². The topological polar surface area (TPSA) is 43.9 Å². The number of piperazine rings is 1. The summed E-state index contributed by atoms with van der Waals surface area (Å²) in [4.78, 5) is 7.71. The molecule has 0 atom stereocenters. The number of nitrogens with zero attached hydrogens (tertiary/aromatic N) is 3. The van der Waals surface area contributed by atoms with Gasteiger partial charge in [-0.15, -0.1) is 0 Å². The van der Waals surface area contributed by atoms with Crippen LogP contribution in [0.2, 0.25) is 0 Å². The van der Waals surface area contributed by atoms with Crippen LogP contribution >= 0.6 is 22.6 Å². The lowest BCUT2D eigenvalue weighted by Gasteiger charge is -2.42. The monoisotopic (exact) mass is 463 g/mol. The van der Waals surface area contributed by atoms with Gasteiger partial charge in [-0.1, -0.05) is 0 Å². The third-order valence-corrected chi connectivity index (χ3v) is 6.98. The number of anilines is 1. The number of likely N-dealkylation sites (N-methyl/N-ethyl adjacent to an activating group) is 1. The van der Waals surface area contributed by atoms with Gasteiger partial charge in [-0.05, 0) is 60.7 Å². The molecule has 3 rings (SSSR count). The first kappa shape index (κ1) is 18.4. The Labute approximate surface area is 159 Å². The van der Waals surface area contributed by atoms with E-state index in [2.05, 4.69) is 44.3 Å². The van der Waals surface area contributed by atoms with Crippen molar-refractivity contribution in [3.63, 3.8) is 0 Å². The van der Waals surface area contributed by atoms with Crippen molar-refractivity contribution in [2.45, 2.75) is 23.8 Å². The smallest absolute Gasteiger partial charge is 0.177 e. The summed E-state index contributed by atoms with van der Waals surface area (Å²) in [5.41, 5.74) is 0.870. The fourth-order valence-electron chi connectivity index (χ4n) is 3.71. The van der Waals surface area contributed by atoms with Crippen molar-refractivity contribution >= 4 is 38.1 Å². The molecule has 2 aliphatic heterocycles. The van der Waals surface area contributed by atoms with E-state index in [9.17, 15) is 8.42 Å². The maximum atomic E-state index is 12.1. The number of halogens is 1. The summed E-state index contributed by atoms with van der Waals surface area (Å²) in [7, 11) is -1.02. The van der Waals surface area contributed by atoms with E-state index in [-0.39, 0.29) is 0 Å². The van der Waals surface area contributed by atoms with Gasteiger partial charge in [-0.3, -0.25) is 4.90 Å². The minimum Gasteiger partial charge on any atom is -0.370 e. The van der Waals surface area contributed by atoms with Gasteiger partial charge in [-0.25, -0.2) is 8.42 Å². The first-order valence-corrected chi connectivity index (χ1v) is 11.5. The molecule has 24 heavy (non-hydrogen) atoms. The van der Waals surface area contributed by atoms with Crippen molar-refractivity contribution in [3.05, 3.63) is 21.8 Å². The molecule has 0 radical (unpaired) electrons. The van der Waals surface area contributed by atoms with Crippen LogP contribution in [-0.2, 0) is 9.84 Å². The molecule has 5 nitrogen and oxygen atoms in total. The summed E-state index contributed by atoms with van der Waals surface area (Å²) >= 11 is 2.17. The molecule has 2 saturated heterocycles. The maximum Gasteiger partial charge on any atom is 0.177 e. The maximum absolute atomic E-state index is 12.1. The predicted molar refractivity (Wildman–Crippen MR) is 107 cm³/mol. The summed E-state index contributed by atoms with van der Waals surface area (Å²) < 4.78 is 25.3. The van der Waals surface area contributed by atoms with Crippen LogP contribution in [0.25, 0.3) is 0 Å². The van der Waals surface area contributed by atoms with Gasteiger partial charge in [0.15, 0.2) is 9.84 Å². The van der Waals surface area contributed by atoms with Gasteiger partial charge in [0.05, 0.1) is 10.6 Å². The van der Waals surface area contributed by atoms with E-state index in [1.54, 1.807) is 6.07 Å². The van der Waals surface area contributed by atoms with Gasteiger partial charge < -0.3 is 9.80 Å². The first-order chi connectivity index (χ1) is 11.3. The standard InChI is InChI=1S/C17H26IN3O2S/c1-19-9-11-20(12-10-19)15-5-7-21(8-6-15)16-4-3-14(18)13-17(16)24(2,22)23/h3-4,13,15H,5-12H2,1-2H3. The lowest BCUT2D eigenvalue weighted by Crippen LogP contribution is -2.52. The van der Waals surface area contributed by atoms with Crippen molar-refractivity contribution < 1.29 is 8.42 Å². The van der Waals surface area contributed by atoms with Gasteiger partial charge >= 0.3 is 0 Å². The Morgan fingerprint density at radius 3 is 2.25 bits per heavy atom. The summed E-state index contributed by atoms with van der Waals surface area (Å²) in [5, 5.41) is 0. The SMILES string of the molecule is CN1CCN(C2CCN(c3ccc(I)cc3S(C)(=O)=O)CC2)CC1. The second kappa shape index (κ2) is 7.47. The summed E-state index contributed by atoms with van der Waals surface area (Å²) in [6, 6.07) is 6.39. The second-order valence-corrected chi connectivity index (χ2v) is 10.2. The van der Waals surface area contributed by atoms with Crippen molar-refractivity contribution in [1.29, 1.82) is 0 Å². The van der Waals surface area contributed by atoms with Gasteiger partial charge in [0.25, 0.3) is 0 Å².